The summed E-state index contributed by atoms with van der Waals surface area (Å²) in [6.07, 6.45) is 3.69. The average molecular weight is 304 g/mol. The first-order valence-electron chi connectivity index (χ1n) is 7.43. The highest BCUT2D eigenvalue weighted by Gasteiger charge is 2.17. The Morgan fingerprint density at radius 1 is 1.29 bits per heavy atom. The fourth-order valence-corrected chi connectivity index (χ4v) is 3.54. The Morgan fingerprint density at radius 2 is 2.00 bits per heavy atom. The third kappa shape index (κ3) is 4.02. The zero-order chi connectivity index (χ0) is 15.2. The highest BCUT2D eigenvalue weighted by Crippen LogP contribution is 2.31. The SMILES string of the molecule is CCN(Cc1ccncc1)c1nc(C(C)C)c(CNC)s1. The molecule has 2 heterocycles. The van der Waals surface area contributed by atoms with E-state index in [2.05, 4.69) is 48.1 Å². The Morgan fingerprint density at radius 3 is 2.57 bits per heavy atom. The molecule has 0 fully saturated rings. The Kier molecular flexibility index (Phi) is 5.70. The molecule has 2 rings (SSSR count). The van der Waals surface area contributed by atoms with E-state index in [0.717, 1.165) is 24.8 Å². The van der Waals surface area contributed by atoms with Crippen molar-refractivity contribution < 1.29 is 0 Å². The van der Waals surface area contributed by atoms with Crippen LogP contribution in [0.1, 0.15) is 42.8 Å². The van der Waals surface area contributed by atoms with Crippen molar-refractivity contribution in [2.45, 2.75) is 39.8 Å². The fraction of sp³-hybridized carbons (Fsp3) is 0.500. The lowest BCUT2D eigenvalue weighted by atomic mass is 10.1. The molecule has 0 radical (unpaired) electrons. The lowest BCUT2D eigenvalue weighted by Gasteiger charge is -2.19. The lowest BCUT2D eigenvalue weighted by Crippen LogP contribution is -2.21. The molecule has 0 aliphatic heterocycles. The van der Waals surface area contributed by atoms with Crippen molar-refractivity contribution in [3.8, 4) is 0 Å². The van der Waals surface area contributed by atoms with Crippen molar-refractivity contribution in [3.63, 3.8) is 0 Å². The Bertz CT molecular complexity index is 551. The number of thiazole rings is 1. The maximum atomic E-state index is 4.88. The smallest absolute Gasteiger partial charge is 0.186 e. The van der Waals surface area contributed by atoms with Gasteiger partial charge in [0.2, 0.25) is 0 Å². The van der Waals surface area contributed by atoms with E-state index in [1.807, 2.05) is 19.4 Å². The molecule has 2 aromatic heterocycles. The van der Waals surface area contributed by atoms with E-state index in [9.17, 15) is 0 Å². The van der Waals surface area contributed by atoms with Crippen LogP contribution in [0.25, 0.3) is 0 Å². The number of aromatic nitrogens is 2. The Hall–Kier alpha value is -1.46. The highest BCUT2D eigenvalue weighted by molar-refractivity contribution is 7.15. The van der Waals surface area contributed by atoms with Gasteiger partial charge < -0.3 is 10.2 Å². The maximum absolute atomic E-state index is 4.88. The fourth-order valence-electron chi connectivity index (χ4n) is 2.25. The molecular weight excluding hydrogens is 280 g/mol. The third-order valence-electron chi connectivity index (χ3n) is 3.38. The average Bonchev–Trinajstić information content (AvgIpc) is 2.90. The minimum atomic E-state index is 0.456. The predicted octanol–water partition coefficient (Wildman–Crippen LogP) is 3.41. The van der Waals surface area contributed by atoms with E-state index in [1.165, 1.54) is 16.1 Å². The first kappa shape index (κ1) is 15.9. The van der Waals surface area contributed by atoms with Crippen LogP contribution in [0, 0.1) is 0 Å². The monoisotopic (exact) mass is 304 g/mol. The van der Waals surface area contributed by atoms with Gasteiger partial charge in [0.15, 0.2) is 5.13 Å². The highest BCUT2D eigenvalue weighted by atomic mass is 32.1. The Balaban J connectivity index is 2.23. The van der Waals surface area contributed by atoms with Gasteiger partial charge in [-0.15, -0.1) is 11.3 Å². The van der Waals surface area contributed by atoms with Crippen LogP contribution in [0.15, 0.2) is 24.5 Å². The molecule has 4 nitrogen and oxygen atoms in total. The topological polar surface area (TPSA) is 41.1 Å². The lowest BCUT2D eigenvalue weighted by molar-refractivity contribution is 0.763. The Labute approximate surface area is 131 Å². The first-order chi connectivity index (χ1) is 10.2. The van der Waals surface area contributed by atoms with Gasteiger partial charge in [-0.05, 0) is 37.6 Å². The first-order valence-corrected chi connectivity index (χ1v) is 8.25. The van der Waals surface area contributed by atoms with Crippen LogP contribution in [0.3, 0.4) is 0 Å². The van der Waals surface area contributed by atoms with Gasteiger partial charge >= 0.3 is 0 Å². The number of rotatable bonds is 7. The van der Waals surface area contributed by atoms with Crippen LogP contribution in [0.5, 0.6) is 0 Å². The van der Waals surface area contributed by atoms with Gasteiger partial charge in [-0.1, -0.05) is 13.8 Å². The second kappa shape index (κ2) is 7.52. The number of nitrogens with one attached hydrogen (secondary N) is 1. The van der Waals surface area contributed by atoms with E-state index >= 15 is 0 Å². The molecule has 0 aromatic carbocycles. The van der Waals surface area contributed by atoms with Gasteiger partial charge in [0.05, 0.1) is 5.69 Å². The van der Waals surface area contributed by atoms with Crippen LogP contribution in [0.4, 0.5) is 5.13 Å². The minimum absolute atomic E-state index is 0.456. The van der Waals surface area contributed by atoms with E-state index in [1.54, 1.807) is 11.3 Å². The molecule has 0 aliphatic carbocycles. The van der Waals surface area contributed by atoms with Crippen LogP contribution >= 0.6 is 11.3 Å². The van der Waals surface area contributed by atoms with Crippen LogP contribution in [-0.2, 0) is 13.1 Å². The quantitative estimate of drug-likeness (QED) is 0.851. The van der Waals surface area contributed by atoms with Gasteiger partial charge in [-0.25, -0.2) is 4.98 Å². The molecule has 5 heteroatoms. The van der Waals surface area contributed by atoms with Crippen molar-refractivity contribution >= 4 is 16.5 Å². The third-order valence-corrected chi connectivity index (χ3v) is 4.51. The van der Waals surface area contributed by atoms with Crippen molar-refractivity contribution in [1.29, 1.82) is 0 Å². The van der Waals surface area contributed by atoms with E-state index in [0.29, 0.717) is 5.92 Å². The summed E-state index contributed by atoms with van der Waals surface area (Å²) in [5.74, 6) is 0.456. The van der Waals surface area contributed by atoms with Crippen molar-refractivity contribution in [3.05, 3.63) is 40.7 Å². The second-order valence-corrected chi connectivity index (χ2v) is 6.42. The van der Waals surface area contributed by atoms with E-state index in [-0.39, 0.29) is 0 Å². The molecule has 0 amide bonds. The van der Waals surface area contributed by atoms with Gasteiger partial charge in [0.1, 0.15) is 0 Å². The van der Waals surface area contributed by atoms with Crippen LogP contribution < -0.4 is 10.2 Å². The summed E-state index contributed by atoms with van der Waals surface area (Å²) in [6.45, 7) is 9.30. The standard InChI is InChI=1S/C16H24N4S/c1-5-20(11-13-6-8-18-9-7-13)16-19-15(12(2)3)14(21-16)10-17-4/h6-9,12,17H,5,10-11H2,1-4H3. The number of hydrogen-bond donors (Lipinski definition) is 1. The summed E-state index contributed by atoms with van der Waals surface area (Å²) in [5.41, 5.74) is 2.49. The summed E-state index contributed by atoms with van der Waals surface area (Å²) >= 11 is 1.80. The predicted molar refractivity (Wildman–Crippen MR) is 89.9 cm³/mol. The molecule has 0 saturated carbocycles. The molecule has 0 spiro atoms. The zero-order valence-corrected chi connectivity index (χ0v) is 14.1. The molecular formula is C16H24N4S. The summed E-state index contributed by atoms with van der Waals surface area (Å²) < 4.78 is 0. The molecule has 21 heavy (non-hydrogen) atoms. The molecule has 0 unspecified atom stereocenters. The van der Waals surface area contributed by atoms with Crippen LogP contribution in [-0.4, -0.2) is 23.6 Å². The summed E-state index contributed by atoms with van der Waals surface area (Å²) in [6, 6.07) is 4.13. The molecule has 0 saturated heterocycles. The minimum Gasteiger partial charge on any atom is -0.344 e. The van der Waals surface area contributed by atoms with Gasteiger partial charge in [-0.3, -0.25) is 4.98 Å². The number of nitrogens with zero attached hydrogens (tertiary/aromatic N) is 3. The normalized spacial score (nSPS) is 11.1. The maximum Gasteiger partial charge on any atom is 0.186 e. The van der Waals surface area contributed by atoms with Crippen molar-refractivity contribution in [1.82, 2.24) is 15.3 Å². The molecule has 114 valence electrons. The van der Waals surface area contributed by atoms with E-state index < -0.39 is 0 Å². The summed E-state index contributed by atoms with van der Waals surface area (Å²) in [4.78, 5) is 12.6. The van der Waals surface area contributed by atoms with Crippen molar-refractivity contribution in [2.24, 2.45) is 0 Å². The van der Waals surface area contributed by atoms with Gasteiger partial charge in [0, 0.05) is 36.9 Å². The molecule has 1 N–H and O–H groups in total. The van der Waals surface area contributed by atoms with Gasteiger partial charge in [0.25, 0.3) is 0 Å². The molecule has 0 aliphatic rings. The summed E-state index contributed by atoms with van der Waals surface area (Å²) in [7, 11) is 1.98. The van der Waals surface area contributed by atoms with Gasteiger partial charge in [-0.2, -0.15) is 0 Å². The zero-order valence-electron chi connectivity index (χ0n) is 13.3. The molecule has 0 atom stereocenters. The molecule has 2 aromatic rings. The number of anilines is 1. The molecule has 0 bridgehead atoms. The number of hydrogen-bond acceptors (Lipinski definition) is 5. The number of pyridine rings is 1. The largest absolute Gasteiger partial charge is 0.344 e. The van der Waals surface area contributed by atoms with Crippen LogP contribution in [0.2, 0.25) is 0 Å². The van der Waals surface area contributed by atoms with Crippen molar-refractivity contribution in [2.75, 3.05) is 18.5 Å². The second-order valence-electron chi connectivity index (χ2n) is 5.36. The van der Waals surface area contributed by atoms with E-state index in [4.69, 9.17) is 4.98 Å². The summed E-state index contributed by atoms with van der Waals surface area (Å²) in [5, 5.41) is 4.36.